The Bertz CT molecular complexity index is 1400. The van der Waals surface area contributed by atoms with Crippen LogP contribution in [0.2, 0.25) is 0 Å². The van der Waals surface area contributed by atoms with Crippen molar-refractivity contribution >= 4 is 50.9 Å². The Morgan fingerprint density at radius 1 is 0.675 bits per heavy atom. The monoisotopic (exact) mass is 662 g/mol. The number of anilines is 2. The average Bonchev–Trinajstić information content (AvgIpc) is 2.83. The van der Waals surface area contributed by atoms with Gasteiger partial charge in [-0.3, -0.25) is 9.59 Å². The van der Waals surface area contributed by atoms with E-state index in [1.54, 1.807) is 18.2 Å². The molecule has 214 valence electrons. The van der Waals surface area contributed by atoms with Gasteiger partial charge in [-0.05, 0) is 70.2 Å². The molecule has 2 amide bonds. The van der Waals surface area contributed by atoms with Gasteiger partial charge in [-0.25, -0.2) is 4.39 Å². The summed E-state index contributed by atoms with van der Waals surface area (Å²) in [5.74, 6) is -1.71. The van der Waals surface area contributed by atoms with E-state index < -0.39 is 67.7 Å². The number of carbonyl (C=O) groups is 2. The van der Waals surface area contributed by atoms with E-state index in [2.05, 4.69) is 21.2 Å². The Morgan fingerprint density at radius 2 is 1.23 bits per heavy atom. The Morgan fingerprint density at radius 3 is 1.77 bits per heavy atom. The molecule has 0 saturated heterocycles. The average molecular weight is 663 g/mol. The first kappa shape index (κ1) is 31.3. The van der Waals surface area contributed by atoms with Crippen molar-refractivity contribution in [1.82, 2.24) is 0 Å². The van der Waals surface area contributed by atoms with Crippen LogP contribution >= 0.6 is 27.7 Å². The van der Waals surface area contributed by atoms with Crippen LogP contribution in [0.1, 0.15) is 26.3 Å². The van der Waals surface area contributed by atoms with Crippen LogP contribution in [0, 0.1) is 0 Å². The molecule has 0 aliphatic carbocycles. The van der Waals surface area contributed by atoms with Crippen LogP contribution in [0.5, 0.6) is 0 Å². The molecule has 0 heterocycles. The van der Waals surface area contributed by atoms with E-state index in [1.807, 2.05) is 5.32 Å². The minimum atomic E-state index is -6.58. The number of rotatable bonds is 6. The highest BCUT2D eigenvalue weighted by molar-refractivity contribution is 9.10. The lowest BCUT2D eigenvalue weighted by molar-refractivity contribution is -0.348. The third-order valence-electron chi connectivity index (χ3n) is 5.12. The molecule has 0 bridgehead atoms. The summed E-state index contributed by atoms with van der Waals surface area (Å²) >= 11 is 1.39. The number of nitrogens with one attached hydrogen (secondary N) is 2. The van der Waals surface area contributed by atoms with Gasteiger partial charge >= 0.3 is 23.5 Å². The predicted molar refractivity (Wildman–Crippen MR) is 130 cm³/mol. The summed E-state index contributed by atoms with van der Waals surface area (Å²) in [7, 11) is 0. The molecule has 2 N–H and O–H groups in total. The standard InChI is InChI=1S/C24H13BrF10N2O2S/c25-16-10-14(21(26,22(27,28)29)23(30,31)32)11-17(40-24(33,34)35)18(16)37-20(39)13-7-4-8-15(9-13)36-19(38)12-5-2-1-3-6-12/h1-11H,(H,36,38)(H,37,39). The van der Waals surface area contributed by atoms with Crippen LogP contribution < -0.4 is 10.6 Å². The van der Waals surface area contributed by atoms with Crippen LogP contribution in [0.3, 0.4) is 0 Å². The Labute approximate surface area is 231 Å². The first-order valence-corrected chi connectivity index (χ1v) is 12.1. The molecular weight excluding hydrogens is 650 g/mol. The van der Waals surface area contributed by atoms with Gasteiger partial charge in [-0.2, -0.15) is 39.5 Å². The molecule has 0 spiro atoms. The molecule has 16 heteroatoms. The summed E-state index contributed by atoms with van der Waals surface area (Å²) in [6.45, 7) is 0. The van der Waals surface area contributed by atoms with Crippen LogP contribution in [0.15, 0.2) is 76.1 Å². The van der Waals surface area contributed by atoms with E-state index in [0.717, 1.165) is 6.07 Å². The molecule has 0 radical (unpaired) electrons. The highest BCUT2D eigenvalue weighted by atomic mass is 79.9. The molecule has 3 aromatic rings. The second-order valence-electron chi connectivity index (χ2n) is 7.89. The summed E-state index contributed by atoms with van der Waals surface area (Å²) in [5.41, 5.74) is -14.2. The number of hydrogen-bond acceptors (Lipinski definition) is 3. The molecule has 0 aromatic heterocycles. The van der Waals surface area contributed by atoms with Gasteiger partial charge in [0.2, 0.25) is 0 Å². The largest absolute Gasteiger partial charge is 0.446 e. The smallest absolute Gasteiger partial charge is 0.322 e. The zero-order valence-electron chi connectivity index (χ0n) is 19.2. The molecular formula is C24H13BrF10N2O2S. The SMILES string of the molecule is O=C(Nc1cccc(C(=O)Nc2c(Br)cc(C(F)(C(F)(F)F)C(F)(F)F)cc2SC(F)(F)F)c1)c1ccccc1. The van der Waals surface area contributed by atoms with Gasteiger partial charge in [0.1, 0.15) is 0 Å². The highest BCUT2D eigenvalue weighted by Crippen LogP contribution is 2.55. The van der Waals surface area contributed by atoms with E-state index >= 15 is 0 Å². The highest BCUT2D eigenvalue weighted by Gasteiger charge is 2.73. The molecule has 3 rings (SSSR count). The summed E-state index contributed by atoms with van der Waals surface area (Å²) in [4.78, 5) is 23.8. The third-order valence-corrected chi connectivity index (χ3v) is 6.51. The first-order chi connectivity index (χ1) is 18.3. The van der Waals surface area contributed by atoms with Crippen LogP contribution in [-0.2, 0) is 5.67 Å². The van der Waals surface area contributed by atoms with Crippen LogP contribution in [0.4, 0.5) is 55.3 Å². The van der Waals surface area contributed by atoms with Gasteiger partial charge in [-0.15, -0.1) is 0 Å². The van der Waals surface area contributed by atoms with E-state index in [9.17, 15) is 53.5 Å². The number of carbonyl (C=O) groups excluding carboxylic acids is 2. The lowest BCUT2D eigenvalue weighted by atomic mass is 9.94. The molecule has 0 saturated carbocycles. The number of alkyl halides is 10. The predicted octanol–water partition coefficient (Wildman–Crippen LogP) is 8.85. The van der Waals surface area contributed by atoms with Crippen molar-refractivity contribution in [2.24, 2.45) is 0 Å². The topological polar surface area (TPSA) is 58.2 Å². The van der Waals surface area contributed by atoms with Crippen molar-refractivity contribution in [2.45, 2.75) is 28.4 Å². The lowest BCUT2D eigenvalue weighted by Crippen LogP contribution is -2.50. The quantitative estimate of drug-likeness (QED) is 0.205. The molecule has 40 heavy (non-hydrogen) atoms. The summed E-state index contributed by atoms with van der Waals surface area (Å²) < 4.78 is 133. The van der Waals surface area contributed by atoms with E-state index in [4.69, 9.17) is 0 Å². The normalized spacial score (nSPS) is 12.7. The van der Waals surface area contributed by atoms with Crippen LogP contribution in [-0.4, -0.2) is 29.7 Å². The maximum Gasteiger partial charge on any atom is 0.446 e. The zero-order valence-corrected chi connectivity index (χ0v) is 21.6. The van der Waals surface area contributed by atoms with Crippen molar-refractivity contribution in [3.8, 4) is 0 Å². The first-order valence-electron chi connectivity index (χ1n) is 10.5. The second-order valence-corrected chi connectivity index (χ2v) is 9.85. The number of halogens is 11. The van der Waals surface area contributed by atoms with Gasteiger partial charge in [0.25, 0.3) is 11.8 Å². The fourth-order valence-corrected chi connectivity index (χ4v) is 4.70. The number of amides is 2. The maximum absolute atomic E-state index is 14.6. The minimum Gasteiger partial charge on any atom is -0.322 e. The number of thioether (sulfide) groups is 1. The molecule has 0 aliphatic heterocycles. The molecule has 0 fully saturated rings. The maximum atomic E-state index is 14.6. The fourth-order valence-electron chi connectivity index (χ4n) is 3.31. The number of benzene rings is 3. The molecule has 0 unspecified atom stereocenters. The molecule has 4 nitrogen and oxygen atoms in total. The zero-order chi connectivity index (χ0) is 30.1. The van der Waals surface area contributed by atoms with E-state index in [-0.39, 0.29) is 28.9 Å². The van der Waals surface area contributed by atoms with E-state index in [0.29, 0.717) is 0 Å². The fraction of sp³-hybridized carbons (Fsp3) is 0.167. The second kappa shape index (κ2) is 11.3. The van der Waals surface area contributed by atoms with E-state index in [1.165, 1.54) is 30.3 Å². The van der Waals surface area contributed by atoms with Crippen molar-refractivity contribution in [3.63, 3.8) is 0 Å². The minimum absolute atomic E-state index is 0.0203. The summed E-state index contributed by atoms with van der Waals surface area (Å²) in [6, 6.07) is 12.5. The van der Waals surface area contributed by atoms with Gasteiger partial charge in [-0.1, -0.05) is 24.3 Å². The van der Waals surface area contributed by atoms with Crippen molar-refractivity contribution in [3.05, 3.63) is 87.9 Å². The summed E-state index contributed by atoms with van der Waals surface area (Å²) in [6.07, 6.45) is -13.2. The van der Waals surface area contributed by atoms with Crippen molar-refractivity contribution < 1.29 is 53.5 Å². The Balaban J connectivity index is 2.00. The van der Waals surface area contributed by atoms with Crippen LogP contribution in [0.25, 0.3) is 0 Å². The lowest BCUT2D eigenvalue weighted by Gasteiger charge is -2.31. The van der Waals surface area contributed by atoms with Crippen molar-refractivity contribution in [1.29, 1.82) is 0 Å². The van der Waals surface area contributed by atoms with Gasteiger partial charge < -0.3 is 10.6 Å². The molecule has 3 aromatic carbocycles. The Kier molecular flexibility index (Phi) is 8.84. The summed E-state index contributed by atoms with van der Waals surface area (Å²) in [5, 5.41) is 4.47. The number of hydrogen-bond donors (Lipinski definition) is 2. The van der Waals surface area contributed by atoms with Gasteiger partial charge in [0.05, 0.1) is 5.69 Å². The Hall–Kier alpha value is -3.27. The van der Waals surface area contributed by atoms with Crippen molar-refractivity contribution in [2.75, 3.05) is 10.6 Å². The third kappa shape index (κ3) is 6.89. The van der Waals surface area contributed by atoms with Gasteiger partial charge in [0, 0.05) is 31.7 Å². The molecule has 0 aliphatic rings. The molecule has 0 atom stereocenters. The van der Waals surface area contributed by atoms with Gasteiger partial charge in [0.15, 0.2) is 0 Å².